The molecule has 6 heteroatoms. The van der Waals surface area contributed by atoms with E-state index >= 15 is 0 Å². The van der Waals surface area contributed by atoms with E-state index in [2.05, 4.69) is 20.8 Å². The number of halogens is 1. The smallest absolute Gasteiger partial charge is 0.271 e. The number of hydrogen-bond acceptors (Lipinski definition) is 4. The second-order valence-corrected chi connectivity index (χ2v) is 4.47. The Kier molecular flexibility index (Phi) is 5.20. The molecule has 2 aromatic rings. The quantitative estimate of drug-likeness (QED) is 0.853. The van der Waals surface area contributed by atoms with E-state index < -0.39 is 0 Å². The predicted molar refractivity (Wildman–Crippen MR) is 78.6 cm³/mol. The van der Waals surface area contributed by atoms with Crippen molar-refractivity contribution in [1.29, 1.82) is 0 Å². The van der Waals surface area contributed by atoms with Gasteiger partial charge in [0.2, 0.25) is 0 Å². The van der Waals surface area contributed by atoms with E-state index in [1.807, 2.05) is 13.0 Å². The van der Waals surface area contributed by atoms with E-state index in [1.54, 1.807) is 18.2 Å². The minimum Gasteiger partial charge on any atom is -0.368 e. The summed E-state index contributed by atoms with van der Waals surface area (Å²) in [5.41, 5.74) is 1.20. The number of amides is 1. The van der Waals surface area contributed by atoms with Crippen molar-refractivity contribution in [2.75, 3.05) is 18.4 Å². The summed E-state index contributed by atoms with van der Waals surface area (Å²) >= 11 is 0. The summed E-state index contributed by atoms with van der Waals surface area (Å²) in [5, 5.41) is 13.5. The molecule has 0 saturated carbocycles. The first-order valence-corrected chi connectivity index (χ1v) is 6.79. The summed E-state index contributed by atoms with van der Waals surface area (Å²) in [7, 11) is 0. The van der Waals surface area contributed by atoms with Gasteiger partial charge in [-0.15, -0.1) is 10.2 Å². The summed E-state index contributed by atoms with van der Waals surface area (Å²) < 4.78 is 13.0. The lowest BCUT2D eigenvalue weighted by molar-refractivity contribution is 0.0950. The van der Waals surface area contributed by atoms with Crippen LogP contribution in [0.5, 0.6) is 0 Å². The molecule has 0 bridgehead atoms. The molecule has 110 valence electrons. The van der Waals surface area contributed by atoms with Gasteiger partial charge in [-0.2, -0.15) is 0 Å². The molecule has 1 aromatic carbocycles. The highest BCUT2D eigenvalue weighted by molar-refractivity contribution is 5.92. The van der Waals surface area contributed by atoms with Crippen LogP contribution >= 0.6 is 0 Å². The molecule has 5 nitrogen and oxygen atoms in total. The lowest BCUT2D eigenvalue weighted by Gasteiger charge is -2.06. The molecule has 0 aliphatic rings. The Morgan fingerprint density at radius 1 is 1.24 bits per heavy atom. The van der Waals surface area contributed by atoms with Crippen LogP contribution in [0.15, 0.2) is 36.4 Å². The molecule has 2 N–H and O–H groups in total. The number of carbonyl (C=O) groups excluding carboxylic acids is 1. The van der Waals surface area contributed by atoms with Gasteiger partial charge in [-0.05, 0) is 43.2 Å². The van der Waals surface area contributed by atoms with Crippen molar-refractivity contribution in [3.63, 3.8) is 0 Å². The zero-order valence-electron chi connectivity index (χ0n) is 11.8. The van der Waals surface area contributed by atoms with Crippen molar-refractivity contribution in [2.24, 2.45) is 0 Å². The molecule has 0 unspecified atom stereocenters. The maximum absolute atomic E-state index is 13.0. The highest BCUT2D eigenvalue weighted by Gasteiger charge is 2.06. The summed E-state index contributed by atoms with van der Waals surface area (Å²) in [6, 6.07) is 9.79. The molecular formula is C15H17FN4O. The van der Waals surface area contributed by atoms with Crippen LogP contribution in [-0.2, 0) is 6.42 Å². The molecule has 1 aromatic heterocycles. The zero-order chi connectivity index (χ0) is 15.1. The minimum absolute atomic E-state index is 0.237. The highest BCUT2D eigenvalue weighted by atomic mass is 19.1. The van der Waals surface area contributed by atoms with Crippen LogP contribution < -0.4 is 10.6 Å². The van der Waals surface area contributed by atoms with Gasteiger partial charge in [0.05, 0.1) is 0 Å². The summed E-state index contributed by atoms with van der Waals surface area (Å²) in [4.78, 5) is 11.5. The van der Waals surface area contributed by atoms with E-state index in [4.69, 9.17) is 0 Å². The number of anilines is 1. The van der Waals surface area contributed by atoms with E-state index in [9.17, 15) is 9.18 Å². The Balaban J connectivity index is 1.85. The van der Waals surface area contributed by atoms with Crippen molar-refractivity contribution in [1.82, 2.24) is 15.5 Å². The normalized spacial score (nSPS) is 10.2. The fourth-order valence-corrected chi connectivity index (χ4v) is 1.83. The third-order valence-corrected chi connectivity index (χ3v) is 2.84. The van der Waals surface area contributed by atoms with Crippen LogP contribution in [0.4, 0.5) is 10.2 Å². The number of benzene rings is 1. The summed E-state index contributed by atoms with van der Waals surface area (Å²) in [6.07, 6.45) is 0.678. The van der Waals surface area contributed by atoms with Gasteiger partial charge in [0.15, 0.2) is 5.69 Å². The van der Waals surface area contributed by atoms with Gasteiger partial charge in [0.25, 0.3) is 5.91 Å². The Hall–Kier alpha value is -2.50. The van der Waals surface area contributed by atoms with Gasteiger partial charge in [-0.1, -0.05) is 12.1 Å². The molecular weight excluding hydrogens is 271 g/mol. The Morgan fingerprint density at radius 3 is 2.76 bits per heavy atom. The van der Waals surface area contributed by atoms with Crippen LogP contribution in [0, 0.1) is 5.82 Å². The predicted octanol–water partition coefficient (Wildman–Crippen LogP) is 2.02. The van der Waals surface area contributed by atoms with E-state index in [0.29, 0.717) is 25.3 Å². The average molecular weight is 288 g/mol. The van der Waals surface area contributed by atoms with Crippen molar-refractivity contribution in [3.05, 3.63) is 53.5 Å². The molecule has 0 fully saturated rings. The molecule has 1 amide bonds. The SMILES string of the molecule is CCNC(=O)c1ccc(NCCc2cccc(F)c2)nn1. The molecule has 0 saturated heterocycles. The van der Waals surface area contributed by atoms with Crippen LogP contribution in [0.2, 0.25) is 0 Å². The molecule has 1 heterocycles. The van der Waals surface area contributed by atoms with Crippen molar-refractivity contribution in [3.8, 4) is 0 Å². The number of rotatable bonds is 6. The fraction of sp³-hybridized carbons (Fsp3) is 0.267. The first kappa shape index (κ1) is 14.9. The molecule has 0 aliphatic heterocycles. The second-order valence-electron chi connectivity index (χ2n) is 4.47. The number of hydrogen-bond donors (Lipinski definition) is 2. The van der Waals surface area contributed by atoms with Gasteiger partial charge < -0.3 is 10.6 Å². The zero-order valence-corrected chi connectivity index (χ0v) is 11.8. The highest BCUT2D eigenvalue weighted by Crippen LogP contribution is 2.06. The summed E-state index contributed by atoms with van der Waals surface area (Å²) in [5.74, 6) is 0.106. The Labute approximate surface area is 122 Å². The number of nitrogens with zero attached hydrogens (tertiary/aromatic N) is 2. The molecule has 0 spiro atoms. The Bertz CT molecular complexity index is 601. The van der Waals surface area contributed by atoms with Crippen LogP contribution in [0.1, 0.15) is 23.0 Å². The van der Waals surface area contributed by atoms with E-state index in [1.165, 1.54) is 12.1 Å². The maximum Gasteiger partial charge on any atom is 0.271 e. The molecule has 0 atom stereocenters. The van der Waals surface area contributed by atoms with Gasteiger partial charge in [0.1, 0.15) is 11.6 Å². The Morgan fingerprint density at radius 2 is 2.10 bits per heavy atom. The van der Waals surface area contributed by atoms with Crippen molar-refractivity contribution >= 4 is 11.7 Å². The lowest BCUT2D eigenvalue weighted by Crippen LogP contribution is -2.24. The van der Waals surface area contributed by atoms with E-state index in [0.717, 1.165) is 5.56 Å². The number of carbonyl (C=O) groups is 1. The molecule has 2 rings (SSSR count). The maximum atomic E-state index is 13.0. The van der Waals surface area contributed by atoms with Crippen molar-refractivity contribution in [2.45, 2.75) is 13.3 Å². The standard InChI is InChI=1S/C15H17FN4O/c1-2-17-15(21)13-6-7-14(20-19-13)18-9-8-11-4-3-5-12(16)10-11/h3-7,10H,2,8-9H2,1H3,(H,17,21)(H,18,20). The fourth-order valence-electron chi connectivity index (χ4n) is 1.83. The largest absolute Gasteiger partial charge is 0.368 e. The minimum atomic E-state index is -0.240. The molecule has 21 heavy (non-hydrogen) atoms. The molecule has 0 aliphatic carbocycles. The topological polar surface area (TPSA) is 66.9 Å². The molecule has 0 radical (unpaired) electrons. The third-order valence-electron chi connectivity index (χ3n) is 2.84. The van der Waals surface area contributed by atoms with E-state index in [-0.39, 0.29) is 17.4 Å². The number of nitrogens with one attached hydrogen (secondary N) is 2. The van der Waals surface area contributed by atoms with Gasteiger partial charge in [-0.25, -0.2) is 4.39 Å². The van der Waals surface area contributed by atoms with Crippen LogP contribution in [0.25, 0.3) is 0 Å². The van der Waals surface area contributed by atoms with Crippen LogP contribution in [0.3, 0.4) is 0 Å². The third kappa shape index (κ3) is 4.52. The average Bonchev–Trinajstić information content (AvgIpc) is 2.48. The van der Waals surface area contributed by atoms with Gasteiger partial charge >= 0.3 is 0 Å². The summed E-state index contributed by atoms with van der Waals surface area (Å²) in [6.45, 7) is 3.00. The lowest BCUT2D eigenvalue weighted by atomic mass is 10.1. The first-order valence-electron chi connectivity index (χ1n) is 6.79. The van der Waals surface area contributed by atoms with Gasteiger partial charge in [-0.3, -0.25) is 4.79 Å². The number of aromatic nitrogens is 2. The monoisotopic (exact) mass is 288 g/mol. The first-order chi connectivity index (χ1) is 10.2. The van der Waals surface area contributed by atoms with Crippen molar-refractivity contribution < 1.29 is 9.18 Å². The van der Waals surface area contributed by atoms with Crippen LogP contribution in [-0.4, -0.2) is 29.2 Å². The second kappa shape index (κ2) is 7.33. The van der Waals surface area contributed by atoms with Gasteiger partial charge in [0, 0.05) is 13.1 Å².